The van der Waals surface area contributed by atoms with Crippen LogP contribution in [0.25, 0.3) is 0 Å². The fourth-order valence-electron chi connectivity index (χ4n) is 3.76. The van der Waals surface area contributed by atoms with Gasteiger partial charge in [0.05, 0.1) is 0 Å². The van der Waals surface area contributed by atoms with Crippen molar-refractivity contribution in [1.82, 2.24) is 0 Å². The van der Waals surface area contributed by atoms with Crippen molar-refractivity contribution in [1.29, 1.82) is 0 Å². The first kappa shape index (κ1) is 21.3. The number of aromatic hydroxyl groups is 3. The van der Waals surface area contributed by atoms with Crippen LogP contribution in [-0.2, 0) is 25.7 Å². The van der Waals surface area contributed by atoms with E-state index >= 15 is 0 Å². The van der Waals surface area contributed by atoms with Crippen LogP contribution in [0.5, 0.6) is 17.2 Å². The summed E-state index contributed by atoms with van der Waals surface area (Å²) in [4.78, 5) is 0. The van der Waals surface area contributed by atoms with E-state index in [1.54, 1.807) is 24.3 Å². The molecule has 0 spiro atoms. The zero-order valence-electron chi connectivity index (χ0n) is 17.4. The molecule has 0 saturated heterocycles. The number of aryl methyl sites for hydroxylation is 1. The lowest BCUT2D eigenvalue weighted by Gasteiger charge is -2.13. The number of benzene rings is 3. The second-order valence-corrected chi connectivity index (χ2v) is 7.69. The van der Waals surface area contributed by atoms with E-state index in [9.17, 15) is 15.3 Å². The average molecular weight is 401 g/mol. The maximum Gasteiger partial charge on any atom is 0.122 e. The highest BCUT2D eigenvalue weighted by Gasteiger charge is 2.11. The van der Waals surface area contributed by atoms with Gasteiger partial charge in [-0.3, -0.25) is 0 Å². The molecule has 30 heavy (non-hydrogen) atoms. The van der Waals surface area contributed by atoms with Gasteiger partial charge in [0, 0.05) is 6.42 Å². The maximum absolute atomic E-state index is 10.6. The Morgan fingerprint density at radius 2 is 1.17 bits per heavy atom. The molecule has 3 nitrogen and oxygen atoms in total. The average Bonchev–Trinajstić information content (AvgIpc) is 2.71. The van der Waals surface area contributed by atoms with Gasteiger partial charge in [-0.25, -0.2) is 0 Å². The van der Waals surface area contributed by atoms with Crippen LogP contribution in [-0.4, -0.2) is 15.3 Å². The topological polar surface area (TPSA) is 60.7 Å². The highest BCUT2D eigenvalue weighted by molar-refractivity contribution is 5.48. The highest BCUT2D eigenvalue weighted by Crippen LogP contribution is 2.30. The summed E-state index contributed by atoms with van der Waals surface area (Å²) in [5, 5.41) is 30.6. The molecule has 3 rings (SSSR count). The Bertz CT molecular complexity index is 1080. The third-order valence-electron chi connectivity index (χ3n) is 5.26. The number of hydrogen-bond acceptors (Lipinski definition) is 3. The third-order valence-corrected chi connectivity index (χ3v) is 5.26. The normalized spacial score (nSPS) is 10.7. The molecule has 0 aliphatic rings. The molecule has 0 saturated carbocycles. The van der Waals surface area contributed by atoms with Crippen molar-refractivity contribution in [2.75, 3.05) is 0 Å². The van der Waals surface area contributed by atoms with Crippen molar-refractivity contribution >= 4 is 0 Å². The molecule has 0 atom stereocenters. The van der Waals surface area contributed by atoms with E-state index < -0.39 is 0 Å². The van der Waals surface area contributed by atoms with Crippen LogP contribution in [0.1, 0.15) is 38.9 Å². The van der Waals surface area contributed by atoms with Gasteiger partial charge in [0.1, 0.15) is 17.2 Å². The Hall–Kier alpha value is -3.46. The number of rotatable bonds is 8. The van der Waals surface area contributed by atoms with Gasteiger partial charge < -0.3 is 15.3 Å². The summed E-state index contributed by atoms with van der Waals surface area (Å²) in [6, 6.07) is 15.2. The van der Waals surface area contributed by atoms with E-state index in [0.717, 1.165) is 38.9 Å². The van der Waals surface area contributed by atoms with Gasteiger partial charge in [-0.1, -0.05) is 48.6 Å². The second kappa shape index (κ2) is 9.36. The van der Waals surface area contributed by atoms with Crippen molar-refractivity contribution in [2.45, 2.75) is 32.6 Å². The molecular formula is C27H28O3. The van der Waals surface area contributed by atoms with Crippen LogP contribution in [0, 0.1) is 6.92 Å². The Morgan fingerprint density at radius 1 is 0.667 bits per heavy atom. The van der Waals surface area contributed by atoms with E-state index in [1.165, 1.54) is 0 Å². The number of allylic oxidation sites excluding steroid dienone is 2. The van der Waals surface area contributed by atoms with Crippen molar-refractivity contribution in [2.24, 2.45) is 0 Å². The molecule has 0 aliphatic heterocycles. The lowest BCUT2D eigenvalue weighted by molar-refractivity contribution is 0.464. The zero-order valence-corrected chi connectivity index (χ0v) is 17.4. The van der Waals surface area contributed by atoms with E-state index in [1.807, 2.05) is 43.3 Å². The summed E-state index contributed by atoms with van der Waals surface area (Å²) in [5.74, 6) is 0.842. The lowest BCUT2D eigenvalue weighted by atomic mass is 9.94. The molecule has 0 radical (unpaired) electrons. The molecule has 3 N–H and O–H groups in total. The second-order valence-electron chi connectivity index (χ2n) is 7.69. The van der Waals surface area contributed by atoms with Crippen LogP contribution in [0.2, 0.25) is 0 Å². The molecule has 0 aromatic heterocycles. The van der Waals surface area contributed by atoms with Crippen LogP contribution < -0.4 is 0 Å². The first-order valence-corrected chi connectivity index (χ1v) is 10.1. The molecule has 0 amide bonds. The Labute approximate surface area is 178 Å². The standard InChI is InChI=1S/C27H28O3/c1-4-6-22-14-19(8-10-25(22)28)13-21-12-18(3)27(30)24(17-21)16-20-9-11-26(29)23(15-20)7-5-2/h4-5,8-12,14-15,17,28-30H,1-2,6-7,13,16H2,3H3. The monoisotopic (exact) mass is 400 g/mol. The molecule has 154 valence electrons. The van der Waals surface area contributed by atoms with Gasteiger partial charge in [-0.15, -0.1) is 13.2 Å². The zero-order chi connectivity index (χ0) is 21.7. The summed E-state index contributed by atoms with van der Waals surface area (Å²) in [7, 11) is 0. The van der Waals surface area contributed by atoms with E-state index in [2.05, 4.69) is 13.2 Å². The van der Waals surface area contributed by atoms with E-state index in [0.29, 0.717) is 31.4 Å². The summed E-state index contributed by atoms with van der Waals surface area (Å²) >= 11 is 0. The number of hydrogen-bond donors (Lipinski definition) is 3. The molecule has 0 bridgehead atoms. The SMILES string of the molecule is C=CCc1cc(Cc2cc(C)c(O)c(Cc3ccc(O)c(CC=C)c3)c2)ccc1O. The predicted molar refractivity (Wildman–Crippen MR) is 122 cm³/mol. The quantitative estimate of drug-likeness (QED) is 0.422. The summed E-state index contributed by atoms with van der Waals surface area (Å²) in [5.41, 5.74) is 6.59. The molecule has 3 aromatic rings. The Kier molecular flexibility index (Phi) is 6.63. The smallest absolute Gasteiger partial charge is 0.122 e. The fraction of sp³-hybridized carbons (Fsp3) is 0.185. The molecule has 3 heteroatoms. The highest BCUT2D eigenvalue weighted by atomic mass is 16.3. The minimum atomic E-state index is 0.260. The molecule has 0 aliphatic carbocycles. The molecule has 0 fully saturated rings. The van der Waals surface area contributed by atoms with Gasteiger partial charge in [0.15, 0.2) is 0 Å². The Balaban J connectivity index is 1.89. The summed E-state index contributed by atoms with van der Waals surface area (Å²) in [6.07, 6.45) is 6.03. The molecule has 3 aromatic carbocycles. The van der Waals surface area contributed by atoms with Crippen LogP contribution in [0.4, 0.5) is 0 Å². The third kappa shape index (κ3) is 4.93. The van der Waals surface area contributed by atoms with E-state index in [4.69, 9.17) is 0 Å². The fourth-order valence-corrected chi connectivity index (χ4v) is 3.76. The van der Waals surface area contributed by atoms with Crippen LogP contribution in [0.15, 0.2) is 73.8 Å². The predicted octanol–water partition coefficient (Wildman–Crippen LogP) is 5.75. The van der Waals surface area contributed by atoms with Gasteiger partial charge in [-0.05, 0) is 77.3 Å². The minimum absolute atomic E-state index is 0.260. The largest absolute Gasteiger partial charge is 0.508 e. The molecule has 0 unspecified atom stereocenters. The lowest BCUT2D eigenvalue weighted by Crippen LogP contribution is -1.97. The van der Waals surface area contributed by atoms with Crippen molar-refractivity contribution < 1.29 is 15.3 Å². The first-order chi connectivity index (χ1) is 14.4. The van der Waals surface area contributed by atoms with Crippen LogP contribution >= 0.6 is 0 Å². The van der Waals surface area contributed by atoms with Gasteiger partial charge in [0.2, 0.25) is 0 Å². The minimum Gasteiger partial charge on any atom is -0.508 e. The Morgan fingerprint density at radius 3 is 1.70 bits per heavy atom. The van der Waals surface area contributed by atoms with Crippen molar-refractivity contribution in [3.8, 4) is 17.2 Å². The van der Waals surface area contributed by atoms with Gasteiger partial charge in [0.25, 0.3) is 0 Å². The summed E-state index contributed by atoms with van der Waals surface area (Å²) in [6.45, 7) is 9.39. The van der Waals surface area contributed by atoms with E-state index in [-0.39, 0.29) is 11.5 Å². The number of phenolic OH excluding ortho intramolecular Hbond substituents is 3. The first-order valence-electron chi connectivity index (χ1n) is 10.1. The molecular weight excluding hydrogens is 372 g/mol. The van der Waals surface area contributed by atoms with Crippen molar-refractivity contribution in [3.63, 3.8) is 0 Å². The van der Waals surface area contributed by atoms with Gasteiger partial charge >= 0.3 is 0 Å². The number of phenols is 3. The maximum atomic E-state index is 10.6. The van der Waals surface area contributed by atoms with Gasteiger partial charge in [-0.2, -0.15) is 0 Å². The van der Waals surface area contributed by atoms with Crippen LogP contribution in [0.3, 0.4) is 0 Å². The van der Waals surface area contributed by atoms with Crippen molar-refractivity contribution in [3.05, 3.63) is 113 Å². The molecule has 0 heterocycles. The summed E-state index contributed by atoms with van der Waals surface area (Å²) < 4.78 is 0.